The van der Waals surface area contributed by atoms with E-state index in [4.69, 9.17) is 9.47 Å². The van der Waals surface area contributed by atoms with Gasteiger partial charge in [0, 0.05) is 19.8 Å². The van der Waals surface area contributed by atoms with Gasteiger partial charge in [-0.15, -0.1) is 0 Å². The molecule has 0 aliphatic heterocycles. The first-order chi connectivity index (χ1) is 13.0. The lowest BCUT2D eigenvalue weighted by Gasteiger charge is -2.28. The van der Waals surface area contributed by atoms with E-state index in [0.717, 1.165) is 38.5 Å². The molecule has 0 N–H and O–H groups in total. The summed E-state index contributed by atoms with van der Waals surface area (Å²) in [6.45, 7) is 9.72. The molecule has 162 valence electrons. The second-order valence-electron chi connectivity index (χ2n) is 7.88. The Bertz CT molecular complexity index is 531. The van der Waals surface area contributed by atoms with E-state index < -0.39 is 17.2 Å². The minimum Gasteiger partial charge on any atom is -0.452 e. The molecule has 0 rings (SSSR count). The number of ketones is 2. The molecule has 6 nitrogen and oxygen atoms in total. The number of unbranched alkanes of at least 4 members (excludes halogenated alkanes) is 5. The SMILES string of the molecule is CCC(CC)(OC(=O)CCCCCCCCC(=O)C(C)(C)OC(C)=O)C(C)=O. The largest absolute Gasteiger partial charge is 0.452 e. The molecule has 0 aliphatic rings. The van der Waals surface area contributed by atoms with Crippen molar-refractivity contribution in [1.29, 1.82) is 0 Å². The number of carbonyl (C=O) groups is 4. The fourth-order valence-electron chi connectivity index (χ4n) is 3.21. The summed E-state index contributed by atoms with van der Waals surface area (Å²) < 4.78 is 10.5. The van der Waals surface area contributed by atoms with E-state index >= 15 is 0 Å². The van der Waals surface area contributed by atoms with Crippen molar-refractivity contribution in [2.75, 3.05) is 0 Å². The standard InChI is InChI=1S/C22H38O6/c1-7-22(8-2,17(3)23)28-20(26)16-14-12-10-9-11-13-15-19(25)21(5,6)27-18(4)24/h7-16H2,1-6H3. The van der Waals surface area contributed by atoms with Crippen molar-refractivity contribution >= 4 is 23.5 Å². The van der Waals surface area contributed by atoms with Crippen LogP contribution in [-0.2, 0) is 28.7 Å². The average Bonchev–Trinajstić information content (AvgIpc) is 2.60. The minimum atomic E-state index is -1.06. The number of hydrogen-bond acceptors (Lipinski definition) is 6. The molecule has 0 aliphatic carbocycles. The van der Waals surface area contributed by atoms with Crippen LogP contribution in [0.2, 0.25) is 0 Å². The van der Waals surface area contributed by atoms with Crippen molar-refractivity contribution in [3.8, 4) is 0 Å². The van der Waals surface area contributed by atoms with Gasteiger partial charge in [0.2, 0.25) is 0 Å². The van der Waals surface area contributed by atoms with E-state index in [-0.39, 0.29) is 17.5 Å². The summed E-state index contributed by atoms with van der Waals surface area (Å²) in [5.41, 5.74) is -2.03. The Morgan fingerprint density at radius 3 is 1.61 bits per heavy atom. The molecule has 0 bridgehead atoms. The van der Waals surface area contributed by atoms with Gasteiger partial charge >= 0.3 is 11.9 Å². The van der Waals surface area contributed by atoms with E-state index in [1.807, 2.05) is 13.8 Å². The number of esters is 2. The summed E-state index contributed by atoms with van der Waals surface area (Å²) >= 11 is 0. The number of ether oxygens (including phenoxy) is 2. The summed E-state index contributed by atoms with van der Waals surface area (Å²) in [7, 11) is 0. The van der Waals surface area contributed by atoms with E-state index in [9.17, 15) is 19.2 Å². The zero-order valence-electron chi connectivity index (χ0n) is 18.5. The van der Waals surface area contributed by atoms with Crippen LogP contribution in [0.3, 0.4) is 0 Å². The number of carbonyl (C=O) groups excluding carboxylic acids is 4. The maximum atomic E-state index is 12.1. The van der Waals surface area contributed by atoms with Crippen molar-refractivity contribution in [2.24, 2.45) is 0 Å². The van der Waals surface area contributed by atoms with Gasteiger partial charge in [-0.1, -0.05) is 39.5 Å². The lowest BCUT2D eigenvalue weighted by atomic mass is 9.92. The first kappa shape index (κ1) is 26.3. The summed E-state index contributed by atoms with van der Waals surface area (Å²) in [4.78, 5) is 46.9. The van der Waals surface area contributed by atoms with E-state index in [1.54, 1.807) is 13.8 Å². The van der Waals surface area contributed by atoms with Crippen molar-refractivity contribution in [2.45, 2.75) is 117 Å². The number of Topliss-reactive ketones (excluding diaryl/α,β-unsaturated/α-hetero) is 2. The van der Waals surface area contributed by atoms with Crippen LogP contribution in [-0.4, -0.2) is 34.7 Å². The van der Waals surface area contributed by atoms with Gasteiger partial charge in [-0.2, -0.15) is 0 Å². The van der Waals surface area contributed by atoms with Gasteiger partial charge in [-0.3, -0.25) is 19.2 Å². The third kappa shape index (κ3) is 9.47. The molecular weight excluding hydrogens is 360 g/mol. The normalized spacial score (nSPS) is 11.8. The maximum Gasteiger partial charge on any atom is 0.306 e. The predicted molar refractivity (Wildman–Crippen MR) is 108 cm³/mol. The smallest absolute Gasteiger partial charge is 0.306 e. The summed E-state index contributed by atoms with van der Waals surface area (Å²) in [6.07, 6.45) is 7.01. The van der Waals surface area contributed by atoms with Gasteiger partial charge in [-0.25, -0.2) is 0 Å². The first-order valence-electron chi connectivity index (χ1n) is 10.5. The van der Waals surface area contributed by atoms with Gasteiger partial charge in [-0.05, 0) is 46.5 Å². The van der Waals surface area contributed by atoms with E-state index in [1.165, 1.54) is 13.8 Å². The molecular formula is C22H38O6. The van der Waals surface area contributed by atoms with Crippen LogP contribution in [0.25, 0.3) is 0 Å². The third-order valence-electron chi connectivity index (χ3n) is 5.20. The first-order valence-corrected chi connectivity index (χ1v) is 10.5. The van der Waals surface area contributed by atoms with Gasteiger partial charge in [0.15, 0.2) is 22.8 Å². The van der Waals surface area contributed by atoms with Crippen LogP contribution < -0.4 is 0 Å². The Hall–Kier alpha value is -1.72. The molecule has 0 heterocycles. The Morgan fingerprint density at radius 2 is 1.18 bits per heavy atom. The van der Waals surface area contributed by atoms with E-state index in [0.29, 0.717) is 25.7 Å². The molecule has 0 atom stereocenters. The lowest BCUT2D eigenvalue weighted by Crippen LogP contribution is -2.40. The van der Waals surface area contributed by atoms with Crippen LogP contribution in [0, 0.1) is 0 Å². The second kappa shape index (κ2) is 12.7. The van der Waals surface area contributed by atoms with Crippen molar-refractivity contribution in [3.63, 3.8) is 0 Å². The molecule has 6 heteroatoms. The minimum absolute atomic E-state index is 0.0637. The molecule has 0 fully saturated rings. The highest BCUT2D eigenvalue weighted by molar-refractivity contribution is 5.88. The number of hydrogen-bond donors (Lipinski definition) is 0. The van der Waals surface area contributed by atoms with E-state index in [2.05, 4.69) is 0 Å². The topological polar surface area (TPSA) is 86.7 Å². The molecule has 0 saturated heterocycles. The summed E-state index contributed by atoms with van der Waals surface area (Å²) in [6, 6.07) is 0. The van der Waals surface area contributed by atoms with Crippen molar-refractivity contribution < 1.29 is 28.7 Å². The van der Waals surface area contributed by atoms with Gasteiger partial charge in [0.25, 0.3) is 0 Å². The van der Waals surface area contributed by atoms with Crippen LogP contribution in [0.4, 0.5) is 0 Å². The van der Waals surface area contributed by atoms with Gasteiger partial charge < -0.3 is 9.47 Å². The Morgan fingerprint density at radius 1 is 0.714 bits per heavy atom. The third-order valence-corrected chi connectivity index (χ3v) is 5.20. The average molecular weight is 399 g/mol. The second-order valence-corrected chi connectivity index (χ2v) is 7.88. The molecule has 0 radical (unpaired) electrons. The lowest BCUT2D eigenvalue weighted by molar-refractivity contribution is -0.168. The molecule has 0 aromatic heterocycles. The maximum absolute atomic E-state index is 12.1. The molecule has 0 saturated carbocycles. The molecule has 0 aromatic carbocycles. The Balaban J connectivity index is 3.93. The van der Waals surface area contributed by atoms with Crippen LogP contribution in [0.15, 0.2) is 0 Å². The summed E-state index contributed by atoms with van der Waals surface area (Å²) in [5.74, 6) is -0.920. The van der Waals surface area contributed by atoms with Crippen molar-refractivity contribution in [3.05, 3.63) is 0 Å². The zero-order valence-corrected chi connectivity index (χ0v) is 18.5. The molecule has 0 amide bonds. The number of rotatable bonds is 15. The fraction of sp³-hybridized carbons (Fsp3) is 0.818. The quantitative estimate of drug-likeness (QED) is 0.293. The molecule has 0 spiro atoms. The highest BCUT2D eigenvalue weighted by Gasteiger charge is 2.35. The highest BCUT2D eigenvalue weighted by atomic mass is 16.6. The predicted octanol–water partition coefficient (Wildman–Crippen LogP) is 4.71. The fourth-order valence-corrected chi connectivity index (χ4v) is 3.21. The van der Waals surface area contributed by atoms with Crippen LogP contribution >= 0.6 is 0 Å². The molecule has 0 unspecified atom stereocenters. The monoisotopic (exact) mass is 398 g/mol. The highest BCUT2D eigenvalue weighted by Crippen LogP contribution is 2.23. The van der Waals surface area contributed by atoms with Gasteiger partial charge in [0.05, 0.1) is 0 Å². The van der Waals surface area contributed by atoms with Crippen LogP contribution in [0.5, 0.6) is 0 Å². The van der Waals surface area contributed by atoms with Gasteiger partial charge in [0.1, 0.15) is 0 Å². The Kier molecular flexibility index (Phi) is 11.9. The Labute approximate surface area is 169 Å². The molecule has 28 heavy (non-hydrogen) atoms. The molecule has 0 aromatic rings. The zero-order chi connectivity index (χ0) is 21.8. The van der Waals surface area contributed by atoms with Crippen molar-refractivity contribution in [1.82, 2.24) is 0 Å². The van der Waals surface area contributed by atoms with Crippen LogP contribution in [0.1, 0.15) is 106 Å². The summed E-state index contributed by atoms with van der Waals surface area (Å²) in [5, 5.41) is 0.